The van der Waals surface area contributed by atoms with E-state index in [4.69, 9.17) is 9.47 Å². The highest BCUT2D eigenvalue weighted by Gasteiger charge is 2.11. The maximum Gasteiger partial charge on any atom is 0.0810 e. The summed E-state index contributed by atoms with van der Waals surface area (Å²) in [5, 5.41) is 0. The third-order valence-electron chi connectivity index (χ3n) is 1.61. The fourth-order valence-corrected chi connectivity index (χ4v) is 0.711. The van der Waals surface area contributed by atoms with Crippen molar-refractivity contribution in [2.75, 3.05) is 13.2 Å². The molecule has 0 rings (SSSR count). The largest absolute Gasteiger partial charge is 0.372 e. The Labute approximate surface area is 74.9 Å². The lowest BCUT2D eigenvalue weighted by Crippen LogP contribution is -2.26. The maximum atomic E-state index is 5.37. The van der Waals surface area contributed by atoms with Crippen molar-refractivity contribution < 1.29 is 9.47 Å². The number of hydrogen-bond acceptors (Lipinski definition) is 2. The molecule has 12 heavy (non-hydrogen) atoms. The van der Waals surface area contributed by atoms with E-state index < -0.39 is 0 Å². The van der Waals surface area contributed by atoms with E-state index in [0.717, 1.165) is 0 Å². The summed E-state index contributed by atoms with van der Waals surface area (Å²) in [6, 6.07) is 0. The van der Waals surface area contributed by atoms with Crippen molar-refractivity contribution in [1.82, 2.24) is 0 Å². The highest BCUT2D eigenvalue weighted by Crippen LogP contribution is 2.02. The first-order chi connectivity index (χ1) is 5.72. The molecule has 0 aromatic carbocycles. The van der Waals surface area contributed by atoms with Crippen molar-refractivity contribution in [3.8, 4) is 0 Å². The summed E-state index contributed by atoms with van der Waals surface area (Å²) < 4.78 is 10.7. The molecule has 0 radical (unpaired) electrons. The molecule has 0 heterocycles. The fourth-order valence-electron chi connectivity index (χ4n) is 0.711. The van der Waals surface area contributed by atoms with E-state index in [9.17, 15) is 0 Å². The molecular formula is C10H18O2. The monoisotopic (exact) mass is 170 g/mol. The Hall–Kier alpha value is -0.600. The molecular weight excluding hydrogens is 152 g/mol. The molecule has 0 aliphatic rings. The van der Waals surface area contributed by atoms with Gasteiger partial charge >= 0.3 is 0 Å². The molecule has 0 amide bonds. The molecule has 0 aromatic rings. The SMILES string of the molecule is C=CCOC(C)C(C)OCC=C. The maximum absolute atomic E-state index is 5.37. The van der Waals surface area contributed by atoms with Crippen molar-refractivity contribution in [2.45, 2.75) is 26.1 Å². The Morgan fingerprint density at radius 1 is 1.00 bits per heavy atom. The van der Waals surface area contributed by atoms with Gasteiger partial charge in [-0.1, -0.05) is 12.2 Å². The van der Waals surface area contributed by atoms with Gasteiger partial charge in [0.05, 0.1) is 25.4 Å². The van der Waals surface area contributed by atoms with Crippen LogP contribution in [-0.4, -0.2) is 25.4 Å². The first-order valence-corrected chi connectivity index (χ1v) is 4.17. The van der Waals surface area contributed by atoms with Crippen LogP contribution in [0.25, 0.3) is 0 Å². The third-order valence-corrected chi connectivity index (χ3v) is 1.61. The van der Waals surface area contributed by atoms with Gasteiger partial charge in [-0.25, -0.2) is 0 Å². The van der Waals surface area contributed by atoms with Gasteiger partial charge in [0, 0.05) is 0 Å². The van der Waals surface area contributed by atoms with Gasteiger partial charge in [-0.05, 0) is 13.8 Å². The summed E-state index contributed by atoms with van der Waals surface area (Å²) >= 11 is 0. The zero-order valence-corrected chi connectivity index (χ0v) is 7.95. The molecule has 2 atom stereocenters. The average molecular weight is 170 g/mol. The van der Waals surface area contributed by atoms with Crippen LogP contribution in [0, 0.1) is 0 Å². The first kappa shape index (κ1) is 11.4. The minimum Gasteiger partial charge on any atom is -0.372 e. The minimum atomic E-state index is 0.1000. The Kier molecular flexibility index (Phi) is 6.72. The first-order valence-electron chi connectivity index (χ1n) is 4.17. The third kappa shape index (κ3) is 5.10. The summed E-state index contributed by atoms with van der Waals surface area (Å²) in [7, 11) is 0. The van der Waals surface area contributed by atoms with Gasteiger partial charge < -0.3 is 9.47 Å². The van der Waals surface area contributed by atoms with E-state index >= 15 is 0 Å². The van der Waals surface area contributed by atoms with E-state index in [0.29, 0.717) is 13.2 Å². The Balaban J connectivity index is 3.52. The van der Waals surface area contributed by atoms with Crippen molar-refractivity contribution in [2.24, 2.45) is 0 Å². The van der Waals surface area contributed by atoms with Gasteiger partial charge in [-0.3, -0.25) is 0 Å². The Morgan fingerprint density at radius 2 is 1.33 bits per heavy atom. The quantitative estimate of drug-likeness (QED) is 0.545. The fraction of sp³-hybridized carbons (Fsp3) is 0.600. The smallest absolute Gasteiger partial charge is 0.0810 e. The van der Waals surface area contributed by atoms with Crippen molar-refractivity contribution in [3.05, 3.63) is 25.3 Å². The van der Waals surface area contributed by atoms with Crippen LogP contribution in [0.2, 0.25) is 0 Å². The van der Waals surface area contributed by atoms with Gasteiger partial charge in [0.25, 0.3) is 0 Å². The molecule has 0 spiro atoms. The normalized spacial score (nSPS) is 15.2. The second-order valence-electron chi connectivity index (χ2n) is 2.65. The topological polar surface area (TPSA) is 18.5 Å². The highest BCUT2D eigenvalue weighted by atomic mass is 16.5. The molecule has 0 aliphatic carbocycles. The van der Waals surface area contributed by atoms with Gasteiger partial charge in [0.15, 0.2) is 0 Å². The zero-order chi connectivity index (χ0) is 9.40. The van der Waals surface area contributed by atoms with Crippen LogP contribution >= 0.6 is 0 Å². The summed E-state index contributed by atoms with van der Waals surface area (Å²) in [5.41, 5.74) is 0. The number of hydrogen-bond donors (Lipinski definition) is 0. The lowest BCUT2D eigenvalue weighted by Gasteiger charge is -2.19. The van der Waals surface area contributed by atoms with Gasteiger partial charge in [0.2, 0.25) is 0 Å². The molecule has 2 heteroatoms. The molecule has 0 N–H and O–H groups in total. The van der Waals surface area contributed by atoms with Crippen molar-refractivity contribution in [3.63, 3.8) is 0 Å². The minimum absolute atomic E-state index is 0.1000. The predicted molar refractivity (Wildman–Crippen MR) is 51.2 cm³/mol. The molecule has 0 aromatic heterocycles. The van der Waals surface area contributed by atoms with Gasteiger partial charge in [-0.15, -0.1) is 13.2 Å². The van der Waals surface area contributed by atoms with Crippen molar-refractivity contribution >= 4 is 0 Å². The second-order valence-corrected chi connectivity index (χ2v) is 2.65. The molecule has 2 nitrogen and oxygen atoms in total. The number of rotatable bonds is 7. The molecule has 0 fully saturated rings. The zero-order valence-electron chi connectivity index (χ0n) is 7.95. The van der Waals surface area contributed by atoms with Crippen LogP contribution in [0.15, 0.2) is 25.3 Å². The Morgan fingerprint density at radius 3 is 1.58 bits per heavy atom. The summed E-state index contributed by atoms with van der Waals surface area (Å²) in [5.74, 6) is 0. The lowest BCUT2D eigenvalue weighted by atomic mass is 10.2. The van der Waals surface area contributed by atoms with Crippen LogP contribution in [-0.2, 0) is 9.47 Å². The molecule has 2 unspecified atom stereocenters. The van der Waals surface area contributed by atoms with Crippen LogP contribution in [0.4, 0.5) is 0 Å². The van der Waals surface area contributed by atoms with E-state index in [1.54, 1.807) is 12.2 Å². The van der Waals surface area contributed by atoms with Crippen LogP contribution in [0.1, 0.15) is 13.8 Å². The van der Waals surface area contributed by atoms with Gasteiger partial charge in [-0.2, -0.15) is 0 Å². The molecule has 70 valence electrons. The number of ether oxygens (including phenoxy) is 2. The highest BCUT2D eigenvalue weighted by molar-refractivity contribution is 4.70. The molecule has 0 bridgehead atoms. The van der Waals surface area contributed by atoms with Crippen LogP contribution in [0.5, 0.6) is 0 Å². The Bertz CT molecular complexity index is 116. The molecule has 0 saturated carbocycles. The summed E-state index contributed by atoms with van der Waals surface area (Å²) in [4.78, 5) is 0. The van der Waals surface area contributed by atoms with E-state index in [-0.39, 0.29) is 12.2 Å². The second kappa shape index (κ2) is 7.07. The molecule has 0 aliphatic heterocycles. The predicted octanol–water partition coefficient (Wildman–Crippen LogP) is 2.17. The van der Waals surface area contributed by atoms with Gasteiger partial charge in [0.1, 0.15) is 0 Å². The lowest BCUT2D eigenvalue weighted by molar-refractivity contribution is -0.0396. The average Bonchev–Trinajstić information content (AvgIpc) is 2.10. The van der Waals surface area contributed by atoms with E-state index in [1.165, 1.54) is 0 Å². The summed E-state index contributed by atoms with van der Waals surface area (Å²) in [6.07, 6.45) is 3.67. The van der Waals surface area contributed by atoms with E-state index in [1.807, 2.05) is 13.8 Å². The van der Waals surface area contributed by atoms with Crippen molar-refractivity contribution in [1.29, 1.82) is 0 Å². The van der Waals surface area contributed by atoms with Crippen LogP contribution < -0.4 is 0 Å². The summed E-state index contributed by atoms with van der Waals surface area (Å²) in [6.45, 7) is 12.3. The molecule has 0 saturated heterocycles. The standard InChI is InChI=1S/C10H18O2/c1-5-7-11-9(3)10(4)12-8-6-2/h5-6,9-10H,1-2,7-8H2,3-4H3. The van der Waals surface area contributed by atoms with E-state index in [2.05, 4.69) is 13.2 Å². The van der Waals surface area contributed by atoms with Crippen LogP contribution in [0.3, 0.4) is 0 Å².